The molecule has 3 rings (SSSR count). The molecule has 3 aromatic rings. The Bertz CT molecular complexity index is 647. The summed E-state index contributed by atoms with van der Waals surface area (Å²) in [7, 11) is 0. The van der Waals surface area contributed by atoms with Crippen molar-refractivity contribution in [1.29, 1.82) is 0 Å². The highest BCUT2D eigenvalue weighted by Crippen LogP contribution is 2.11. The summed E-state index contributed by atoms with van der Waals surface area (Å²) in [5.41, 5.74) is 2.72. The maximum atomic E-state index is 5.92. The van der Waals surface area contributed by atoms with Crippen molar-refractivity contribution in [2.24, 2.45) is 0 Å². The van der Waals surface area contributed by atoms with Gasteiger partial charge in [0.1, 0.15) is 11.9 Å². The van der Waals surface area contributed by atoms with Crippen molar-refractivity contribution in [3.8, 4) is 0 Å². The predicted octanol–water partition coefficient (Wildman–Crippen LogP) is 2.27. The minimum atomic E-state index is 0.658. The minimum absolute atomic E-state index is 0.658. The van der Waals surface area contributed by atoms with Crippen LogP contribution in [0.2, 0.25) is 5.02 Å². The lowest BCUT2D eigenvalue weighted by atomic mass is 10.4. The fourth-order valence-corrected chi connectivity index (χ4v) is 1.92. The van der Waals surface area contributed by atoms with Crippen molar-refractivity contribution in [2.45, 2.75) is 13.1 Å². The second-order valence-electron chi connectivity index (χ2n) is 3.94. The van der Waals surface area contributed by atoms with Crippen LogP contribution in [0.3, 0.4) is 0 Å². The summed E-state index contributed by atoms with van der Waals surface area (Å²) in [6.45, 7) is 1.33. The van der Waals surface area contributed by atoms with Crippen LogP contribution in [-0.2, 0) is 13.1 Å². The smallest absolute Gasteiger partial charge is 0.137 e. The largest absolute Gasteiger partial charge is 0.364 e. The number of aromatic nitrogens is 3. The fraction of sp³-hybridized carbons (Fsp3) is 0.167. The highest BCUT2D eigenvalue weighted by molar-refractivity contribution is 6.30. The number of hydrogen-bond acceptors (Lipinski definition) is 4. The third-order valence-electron chi connectivity index (χ3n) is 2.57. The molecule has 0 bridgehead atoms. The molecule has 0 saturated carbocycles. The Morgan fingerprint density at radius 1 is 1.17 bits per heavy atom. The molecule has 1 N–H and O–H groups in total. The first-order chi connectivity index (χ1) is 8.81. The van der Waals surface area contributed by atoms with E-state index in [4.69, 9.17) is 16.1 Å². The first-order valence-electron chi connectivity index (χ1n) is 5.54. The Morgan fingerprint density at radius 3 is 2.89 bits per heavy atom. The maximum absolute atomic E-state index is 5.92. The van der Waals surface area contributed by atoms with Crippen LogP contribution >= 0.6 is 11.6 Å². The Balaban J connectivity index is 1.67. The van der Waals surface area contributed by atoms with Crippen LogP contribution in [0.5, 0.6) is 0 Å². The van der Waals surface area contributed by atoms with Gasteiger partial charge in [0, 0.05) is 31.5 Å². The lowest BCUT2D eigenvalue weighted by Gasteiger charge is -1.97. The number of halogens is 1. The van der Waals surface area contributed by atoms with E-state index in [2.05, 4.69) is 15.5 Å². The van der Waals surface area contributed by atoms with E-state index in [0.717, 1.165) is 17.0 Å². The Kier molecular flexibility index (Phi) is 3.00. The van der Waals surface area contributed by atoms with Gasteiger partial charge in [0.2, 0.25) is 0 Å². The molecule has 0 radical (unpaired) electrons. The Morgan fingerprint density at radius 2 is 2.06 bits per heavy atom. The molecule has 0 saturated heterocycles. The highest BCUT2D eigenvalue weighted by Gasteiger charge is 2.02. The molecule has 0 fully saturated rings. The van der Waals surface area contributed by atoms with Crippen molar-refractivity contribution in [2.75, 3.05) is 0 Å². The Labute approximate surface area is 108 Å². The van der Waals surface area contributed by atoms with Crippen LogP contribution in [0.1, 0.15) is 11.4 Å². The molecule has 18 heavy (non-hydrogen) atoms. The van der Waals surface area contributed by atoms with Gasteiger partial charge in [-0.25, -0.2) is 4.98 Å². The summed E-state index contributed by atoms with van der Waals surface area (Å²) in [6.07, 6.45) is 5.35. The fourth-order valence-electron chi connectivity index (χ4n) is 1.75. The van der Waals surface area contributed by atoms with Gasteiger partial charge in [-0.2, -0.15) is 0 Å². The molecule has 0 aliphatic heterocycles. The van der Waals surface area contributed by atoms with Crippen LogP contribution in [-0.4, -0.2) is 14.5 Å². The number of rotatable bonds is 4. The minimum Gasteiger partial charge on any atom is -0.364 e. The summed E-state index contributed by atoms with van der Waals surface area (Å²) in [5.74, 6) is 0. The molecule has 6 heteroatoms. The van der Waals surface area contributed by atoms with Gasteiger partial charge in [0.05, 0.1) is 16.4 Å². The van der Waals surface area contributed by atoms with Gasteiger partial charge in [0.25, 0.3) is 0 Å². The first-order valence-corrected chi connectivity index (χ1v) is 5.92. The van der Waals surface area contributed by atoms with E-state index in [9.17, 15) is 0 Å². The Hall–Kier alpha value is -1.85. The molecular formula is C12H11ClN4O. The van der Waals surface area contributed by atoms with E-state index in [1.54, 1.807) is 6.26 Å². The van der Waals surface area contributed by atoms with Crippen molar-refractivity contribution in [3.05, 3.63) is 53.3 Å². The molecule has 0 atom stereocenters. The molecule has 0 aliphatic carbocycles. The van der Waals surface area contributed by atoms with Crippen LogP contribution < -0.4 is 5.32 Å². The van der Waals surface area contributed by atoms with Crippen molar-refractivity contribution < 1.29 is 4.52 Å². The zero-order chi connectivity index (χ0) is 12.4. The summed E-state index contributed by atoms with van der Waals surface area (Å²) < 4.78 is 6.67. The third kappa shape index (κ3) is 2.37. The standard InChI is InChI=1S/C12H11ClN4O/c13-9-1-2-12-15-11(8-17(12)7-9)6-14-5-10-3-4-18-16-10/h1-4,7-8,14H,5-6H2. The molecule has 0 unspecified atom stereocenters. The maximum Gasteiger partial charge on any atom is 0.137 e. The van der Waals surface area contributed by atoms with Crippen LogP contribution in [0.15, 0.2) is 41.4 Å². The van der Waals surface area contributed by atoms with Crippen molar-refractivity contribution >= 4 is 17.2 Å². The summed E-state index contributed by atoms with van der Waals surface area (Å²) in [4.78, 5) is 4.47. The molecule has 92 valence electrons. The normalized spacial score (nSPS) is 11.2. The van der Waals surface area contributed by atoms with Gasteiger partial charge in [-0.1, -0.05) is 16.8 Å². The zero-order valence-corrected chi connectivity index (χ0v) is 10.3. The second-order valence-corrected chi connectivity index (χ2v) is 4.38. The lowest BCUT2D eigenvalue weighted by molar-refractivity contribution is 0.408. The van der Waals surface area contributed by atoms with Gasteiger partial charge < -0.3 is 14.2 Å². The number of imidazole rings is 1. The molecule has 3 heterocycles. The highest BCUT2D eigenvalue weighted by atomic mass is 35.5. The van der Waals surface area contributed by atoms with Gasteiger partial charge in [-0.05, 0) is 12.1 Å². The molecule has 5 nitrogen and oxygen atoms in total. The average molecular weight is 263 g/mol. The number of hydrogen-bond donors (Lipinski definition) is 1. The molecule has 0 spiro atoms. The van der Waals surface area contributed by atoms with E-state index in [1.807, 2.05) is 35.0 Å². The van der Waals surface area contributed by atoms with E-state index in [-0.39, 0.29) is 0 Å². The quantitative estimate of drug-likeness (QED) is 0.784. The van der Waals surface area contributed by atoms with Crippen LogP contribution in [0.25, 0.3) is 5.65 Å². The van der Waals surface area contributed by atoms with E-state index in [1.165, 1.54) is 0 Å². The molecule has 3 aromatic heterocycles. The number of nitrogens with zero attached hydrogens (tertiary/aromatic N) is 3. The second kappa shape index (κ2) is 4.80. The molecule has 0 amide bonds. The molecular weight excluding hydrogens is 252 g/mol. The van der Waals surface area contributed by atoms with Crippen LogP contribution in [0.4, 0.5) is 0 Å². The summed E-state index contributed by atoms with van der Waals surface area (Å²) in [5, 5.41) is 7.77. The third-order valence-corrected chi connectivity index (χ3v) is 2.79. The topological polar surface area (TPSA) is 55.4 Å². The number of fused-ring (bicyclic) bond motifs is 1. The van der Waals surface area contributed by atoms with Crippen LogP contribution in [0, 0.1) is 0 Å². The van der Waals surface area contributed by atoms with Crippen molar-refractivity contribution in [3.63, 3.8) is 0 Å². The molecule has 0 aliphatic rings. The summed E-state index contributed by atoms with van der Waals surface area (Å²) >= 11 is 5.92. The summed E-state index contributed by atoms with van der Waals surface area (Å²) in [6, 6.07) is 5.55. The average Bonchev–Trinajstić information content (AvgIpc) is 2.97. The van der Waals surface area contributed by atoms with E-state index in [0.29, 0.717) is 18.1 Å². The monoisotopic (exact) mass is 262 g/mol. The number of nitrogens with one attached hydrogen (secondary N) is 1. The zero-order valence-electron chi connectivity index (χ0n) is 9.51. The van der Waals surface area contributed by atoms with Crippen molar-refractivity contribution in [1.82, 2.24) is 19.9 Å². The molecule has 0 aromatic carbocycles. The van der Waals surface area contributed by atoms with Gasteiger partial charge >= 0.3 is 0 Å². The van der Waals surface area contributed by atoms with Gasteiger partial charge in [-0.15, -0.1) is 0 Å². The predicted molar refractivity (Wildman–Crippen MR) is 67.2 cm³/mol. The lowest BCUT2D eigenvalue weighted by Crippen LogP contribution is -2.12. The first kappa shape index (κ1) is 11.3. The number of pyridine rings is 1. The van der Waals surface area contributed by atoms with Gasteiger partial charge in [0.15, 0.2) is 0 Å². The SMILES string of the molecule is Clc1ccc2nc(CNCc3ccon3)cn2c1. The van der Waals surface area contributed by atoms with E-state index >= 15 is 0 Å². The van der Waals surface area contributed by atoms with E-state index < -0.39 is 0 Å². The van der Waals surface area contributed by atoms with Gasteiger partial charge in [-0.3, -0.25) is 0 Å².